The van der Waals surface area contributed by atoms with Crippen LogP contribution in [0.25, 0.3) is 0 Å². The largest absolute Gasteiger partial charge is 0.462 e. The van der Waals surface area contributed by atoms with E-state index in [1.165, 1.54) is 0 Å². The summed E-state index contributed by atoms with van der Waals surface area (Å²) in [5.74, 6) is -0.725. The normalized spacial score (nSPS) is 10.6. The van der Waals surface area contributed by atoms with E-state index in [4.69, 9.17) is 10.5 Å². The second-order valence-corrected chi connectivity index (χ2v) is 3.67. The van der Waals surface area contributed by atoms with Crippen LogP contribution in [0.5, 0.6) is 0 Å². The van der Waals surface area contributed by atoms with Crippen LogP contribution in [0.2, 0.25) is 0 Å². The van der Waals surface area contributed by atoms with Crippen LogP contribution in [0.4, 0.5) is 14.5 Å². The van der Waals surface area contributed by atoms with Crippen molar-refractivity contribution in [1.29, 1.82) is 0 Å². The molecule has 0 aromatic carbocycles. The first-order valence-corrected chi connectivity index (χ1v) is 5.93. The number of hydrogen-bond acceptors (Lipinski definition) is 4. The fourth-order valence-corrected chi connectivity index (χ4v) is 1.65. The number of halogens is 3. The van der Waals surface area contributed by atoms with E-state index in [0.29, 0.717) is 0 Å². The molecule has 0 saturated carbocycles. The molecule has 0 aliphatic carbocycles. The molecule has 0 saturated heterocycles. The quantitative estimate of drug-likeness (QED) is 0.686. The standard InChI is InChI=1S/C10H11BrF2N2O2/c1-2-17-10(16)5-3-6(9(12)13)15-7(4-11)8(5)14/h3,9H,2,4,14H2,1H3. The van der Waals surface area contributed by atoms with Crippen molar-refractivity contribution in [3.63, 3.8) is 0 Å². The zero-order valence-corrected chi connectivity index (χ0v) is 10.6. The van der Waals surface area contributed by atoms with Crippen molar-refractivity contribution < 1.29 is 18.3 Å². The third-order valence-electron chi connectivity index (χ3n) is 2.00. The molecule has 0 unspecified atom stereocenters. The maximum atomic E-state index is 12.6. The molecule has 4 nitrogen and oxygen atoms in total. The number of nitrogens with zero attached hydrogens (tertiary/aromatic N) is 1. The van der Waals surface area contributed by atoms with Crippen molar-refractivity contribution >= 4 is 27.6 Å². The van der Waals surface area contributed by atoms with Crippen LogP contribution < -0.4 is 5.73 Å². The molecule has 0 aliphatic rings. The van der Waals surface area contributed by atoms with Crippen LogP contribution in [-0.4, -0.2) is 17.6 Å². The van der Waals surface area contributed by atoms with Gasteiger partial charge >= 0.3 is 5.97 Å². The lowest BCUT2D eigenvalue weighted by atomic mass is 10.1. The Bertz CT molecular complexity index is 427. The van der Waals surface area contributed by atoms with Gasteiger partial charge in [0, 0.05) is 5.33 Å². The number of carbonyl (C=O) groups is 1. The lowest BCUT2D eigenvalue weighted by Crippen LogP contribution is -2.12. The lowest BCUT2D eigenvalue weighted by Gasteiger charge is -2.10. The fourth-order valence-electron chi connectivity index (χ4n) is 1.22. The average Bonchev–Trinajstić information content (AvgIpc) is 2.29. The Kier molecular flexibility index (Phi) is 4.80. The second kappa shape index (κ2) is 5.90. The number of nitrogens with two attached hydrogens (primary N) is 1. The molecule has 0 fully saturated rings. The van der Waals surface area contributed by atoms with Gasteiger partial charge in [0.1, 0.15) is 5.69 Å². The number of hydrogen-bond donors (Lipinski definition) is 1. The molecular formula is C10H11BrF2N2O2. The molecule has 2 N–H and O–H groups in total. The molecule has 17 heavy (non-hydrogen) atoms. The van der Waals surface area contributed by atoms with E-state index in [2.05, 4.69) is 20.9 Å². The minimum atomic E-state index is -2.76. The Labute approximate surface area is 105 Å². The molecular weight excluding hydrogens is 298 g/mol. The molecule has 1 aromatic heterocycles. The van der Waals surface area contributed by atoms with Crippen LogP contribution in [0.15, 0.2) is 6.07 Å². The predicted molar refractivity (Wildman–Crippen MR) is 62.2 cm³/mol. The average molecular weight is 309 g/mol. The van der Waals surface area contributed by atoms with E-state index < -0.39 is 18.1 Å². The summed E-state index contributed by atoms with van der Waals surface area (Å²) in [6.07, 6.45) is -2.76. The Hall–Kier alpha value is -1.24. The van der Waals surface area contributed by atoms with Gasteiger partial charge < -0.3 is 10.5 Å². The number of anilines is 1. The van der Waals surface area contributed by atoms with Gasteiger partial charge in [0.15, 0.2) is 0 Å². The topological polar surface area (TPSA) is 65.2 Å². The number of carbonyl (C=O) groups excluding carboxylic acids is 1. The zero-order valence-electron chi connectivity index (χ0n) is 9.04. The Balaban J connectivity index is 3.27. The molecule has 0 amide bonds. The Morgan fingerprint density at radius 3 is 2.76 bits per heavy atom. The van der Waals surface area contributed by atoms with E-state index in [1.54, 1.807) is 6.92 Å². The first kappa shape index (κ1) is 13.8. The SMILES string of the molecule is CCOC(=O)c1cc(C(F)F)nc(CBr)c1N. The minimum absolute atomic E-state index is 0.0599. The van der Waals surface area contributed by atoms with Crippen molar-refractivity contribution in [1.82, 2.24) is 4.98 Å². The number of esters is 1. The van der Waals surface area contributed by atoms with Gasteiger partial charge in [0.05, 0.1) is 23.6 Å². The van der Waals surface area contributed by atoms with Crippen molar-refractivity contribution in [3.05, 3.63) is 23.0 Å². The van der Waals surface area contributed by atoms with Crippen molar-refractivity contribution in [2.75, 3.05) is 12.3 Å². The molecule has 7 heteroatoms. The number of aromatic nitrogens is 1. The molecule has 1 aromatic rings. The molecule has 1 heterocycles. The summed E-state index contributed by atoms with van der Waals surface area (Å²) in [7, 11) is 0. The highest BCUT2D eigenvalue weighted by molar-refractivity contribution is 9.08. The lowest BCUT2D eigenvalue weighted by molar-refractivity contribution is 0.0527. The number of pyridine rings is 1. The van der Waals surface area contributed by atoms with E-state index in [-0.39, 0.29) is 28.9 Å². The summed E-state index contributed by atoms with van der Waals surface area (Å²) < 4.78 is 29.9. The van der Waals surface area contributed by atoms with Gasteiger partial charge in [-0.25, -0.2) is 18.6 Å². The predicted octanol–water partition coefficient (Wildman–Crippen LogP) is 2.67. The summed E-state index contributed by atoms with van der Waals surface area (Å²) in [6.45, 7) is 1.77. The maximum Gasteiger partial charge on any atom is 0.340 e. The monoisotopic (exact) mass is 308 g/mol. The highest BCUT2D eigenvalue weighted by Crippen LogP contribution is 2.25. The van der Waals surface area contributed by atoms with E-state index >= 15 is 0 Å². The van der Waals surface area contributed by atoms with Crippen molar-refractivity contribution in [3.8, 4) is 0 Å². The van der Waals surface area contributed by atoms with E-state index in [9.17, 15) is 13.6 Å². The third-order valence-corrected chi connectivity index (χ3v) is 2.53. The van der Waals surface area contributed by atoms with Gasteiger partial charge in [-0.05, 0) is 13.0 Å². The molecule has 1 rings (SSSR count). The van der Waals surface area contributed by atoms with Crippen LogP contribution in [0.3, 0.4) is 0 Å². The minimum Gasteiger partial charge on any atom is -0.462 e. The van der Waals surface area contributed by atoms with Gasteiger partial charge in [-0.1, -0.05) is 15.9 Å². The van der Waals surface area contributed by atoms with Crippen LogP contribution in [0.1, 0.15) is 35.1 Å². The molecule has 94 valence electrons. The smallest absolute Gasteiger partial charge is 0.340 e. The number of alkyl halides is 3. The summed E-state index contributed by atoms with van der Waals surface area (Å²) in [6, 6.07) is 0.962. The van der Waals surface area contributed by atoms with Gasteiger partial charge in [-0.3, -0.25) is 0 Å². The molecule has 0 spiro atoms. The van der Waals surface area contributed by atoms with Crippen molar-refractivity contribution in [2.45, 2.75) is 18.7 Å². The highest BCUT2D eigenvalue weighted by atomic mass is 79.9. The number of rotatable bonds is 4. The van der Waals surface area contributed by atoms with Crippen LogP contribution in [0, 0.1) is 0 Å². The first-order chi connectivity index (χ1) is 8.01. The number of ether oxygens (including phenoxy) is 1. The van der Waals surface area contributed by atoms with E-state index in [1.807, 2.05) is 0 Å². The molecule has 0 radical (unpaired) electrons. The second-order valence-electron chi connectivity index (χ2n) is 3.11. The Morgan fingerprint density at radius 2 is 2.29 bits per heavy atom. The van der Waals surface area contributed by atoms with Crippen molar-refractivity contribution in [2.24, 2.45) is 0 Å². The summed E-state index contributed by atoms with van der Waals surface area (Å²) in [4.78, 5) is 15.2. The zero-order chi connectivity index (χ0) is 13.0. The molecule has 0 aliphatic heterocycles. The van der Waals surface area contributed by atoms with Gasteiger partial charge in [-0.2, -0.15) is 0 Å². The van der Waals surface area contributed by atoms with Gasteiger partial charge in [-0.15, -0.1) is 0 Å². The van der Waals surface area contributed by atoms with Gasteiger partial charge in [0.2, 0.25) is 0 Å². The molecule has 0 atom stereocenters. The Morgan fingerprint density at radius 1 is 1.65 bits per heavy atom. The maximum absolute atomic E-state index is 12.6. The summed E-state index contributed by atoms with van der Waals surface area (Å²) >= 11 is 3.07. The van der Waals surface area contributed by atoms with Gasteiger partial charge in [0.25, 0.3) is 6.43 Å². The van der Waals surface area contributed by atoms with Crippen LogP contribution in [-0.2, 0) is 10.1 Å². The van der Waals surface area contributed by atoms with Crippen LogP contribution >= 0.6 is 15.9 Å². The van der Waals surface area contributed by atoms with E-state index in [0.717, 1.165) is 6.07 Å². The number of nitrogen functional groups attached to an aromatic ring is 1. The molecule has 0 bridgehead atoms. The first-order valence-electron chi connectivity index (χ1n) is 4.81. The summed E-state index contributed by atoms with van der Waals surface area (Å²) in [5, 5.41) is 0.186. The third kappa shape index (κ3) is 3.12. The summed E-state index contributed by atoms with van der Waals surface area (Å²) in [5.41, 5.74) is 5.35. The highest BCUT2D eigenvalue weighted by Gasteiger charge is 2.20. The fraction of sp³-hybridized carbons (Fsp3) is 0.400.